The van der Waals surface area contributed by atoms with Crippen LogP contribution < -0.4 is 10.9 Å². The molecule has 0 saturated heterocycles. The van der Waals surface area contributed by atoms with Crippen molar-refractivity contribution >= 4 is 45.0 Å². The molecule has 0 aliphatic carbocycles. The van der Waals surface area contributed by atoms with Gasteiger partial charge in [-0.1, -0.05) is 49.0 Å². The van der Waals surface area contributed by atoms with E-state index in [-0.39, 0.29) is 16.7 Å². The van der Waals surface area contributed by atoms with Gasteiger partial charge in [-0.15, -0.1) is 11.3 Å². The summed E-state index contributed by atoms with van der Waals surface area (Å²) >= 11 is 3.02. The van der Waals surface area contributed by atoms with Crippen LogP contribution in [0, 0.1) is 0 Å². The van der Waals surface area contributed by atoms with Crippen LogP contribution in [0.1, 0.15) is 13.3 Å². The quantitative estimate of drug-likeness (QED) is 0.465. The number of thiazole rings is 1. The zero-order chi connectivity index (χ0) is 19.5. The third-order valence-electron chi connectivity index (χ3n) is 4.17. The molecule has 0 fully saturated rings. The Labute approximate surface area is 169 Å². The van der Waals surface area contributed by atoms with Crippen molar-refractivity contribution in [2.75, 3.05) is 5.32 Å². The molecule has 1 atom stereocenters. The van der Waals surface area contributed by atoms with E-state index in [1.54, 1.807) is 11.3 Å². The number of benzene rings is 2. The second kappa shape index (κ2) is 8.04. The van der Waals surface area contributed by atoms with Gasteiger partial charge in [0.1, 0.15) is 5.82 Å². The first-order valence-electron chi connectivity index (χ1n) is 8.84. The number of carbonyl (C=O) groups is 1. The molecular weight excluding hydrogens is 392 g/mol. The summed E-state index contributed by atoms with van der Waals surface area (Å²) in [6.45, 7) is 1.96. The molecule has 0 aliphatic rings. The van der Waals surface area contributed by atoms with Crippen molar-refractivity contribution in [3.8, 4) is 5.69 Å². The van der Waals surface area contributed by atoms with Crippen LogP contribution in [0.5, 0.6) is 0 Å². The van der Waals surface area contributed by atoms with Gasteiger partial charge in [0.05, 0.1) is 21.2 Å². The van der Waals surface area contributed by atoms with Crippen molar-refractivity contribution in [1.29, 1.82) is 0 Å². The zero-order valence-corrected chi connectivity index (χ0v) is 16.7. The van der Waals surface area contributed by atoms with Crippen molar-refractivity contribution in [2.45, 2.75) is 22.9 Å². The van der Waals surface area contributed by atoms with Crippen molar-refractivity contribution < 1.29 is 4.79 Å². The average Bonchev–Trinajstić information content (AvgIpc) is 3.29. The minimum Gasteiger partial charge on any atom is -0.310 e. The fourth-order valence-corrected chi connectivity index (χ4v) is 5.02. The number of H-pyrrole nitrogens is 1. The molecule has 2 N–H and O–H groups in total. The summed E-state index contributed by atoms with van der Waals surface area (Å²) in [6.07, 6.45) is 0.649. The number of aromatic nitrogens is 3. The zero-order valence-electron chi connectivity index (χ0n) is 15.1. The third kappa shape index (κ3) is 3.88. The van der Waals surface area contributed by atoms with Gasteiger partial charge in [0.2, 0.25) is 5.91 Å². The molecule has 0 bridgehead atoms. The minimum absolute atomic E-state index is 0.159. The molecule has 4 rings (SSSR count). The molecule has 142 valence electrons. The van der Waals surface area contributed by atoms with Gasteiger partial charge in [0.25, 0.3) is 5.56 Å². The summed E-state index contributed by atoms with van der Waals surface area (Å²) in [6, 6.07) is 18.5. The Hall–Kier alpha value is -2.84. The molecule has 2 aromatic carbocycles. The summed E-state index contributed by atoms with van der Waals surface area (Å²) < 4.78 is 3.36. The number of aromatic amines is 1. The number of anilines is 1. The van der Waals surface area contributed by atoms with E-state index in [1.165, 1.54) is 22.5 Å². The second-order valence-corrected chi connectivity index (χ2v) is 8.61. The van der Waals surface area contributed by atoms with Crippen molar-refractivity contribution in [1.82, 2.24) is 14.8 Å². The van der Waals surface area contributed by atoms with Crippen LogP contribution >= 0.6 is 23.1 Å². The Balaban J connectivity index is 1.49. The minimum atomic E-state index is -0.302. The highest BCUT2D eigenvalue weighted by Crippen LogP contribution is 2.33. The molecule has 0 spiro atoms. The standard InChI is InChI=1S/C20H18N4O2S2/c1-2-15(27-20-21-14-10-6-7-11-16(14)28-20)19(26)22-17-12-18(25)24(23-17)13-8-4-3-5-9-13/h3-12,15,23H,2H2,1H3,(H,22,26). The number of fused-ring (bicyclic) bond motifs is 1. The summed E-state index contributed by atoms with van der Waals surface area (Å²) in [5.74, 6) is 0.218. The molecule has 28 heavy (non-hydrogen) atoms. The van der Waals surface area contributed by atoms with Crippen LogP contribution in [0.2, 0.25) is 0 Å². The lowest BCUT2D eigenvalue weighted by molar-refractivity contribution is -0.115. The second-order valence-electron chi connectivity index (χ2n) is 6.13. The van der Waals surface area contributed by atoms with E-state index in [0.717, 1.165) is 14.6 Å². The first kappa shape index (κ1) is 18.5. The fraction of sp³-hybridized carbons (Fsp3) is 0.150. The summed E-state index contributed by atoms with van der Waals surface area (Å²) in [5.41, 5.74) is 1.42. The van der Waals surface area contributed by atoms with Gasteiger partial charge >= 0.3 is 0 Å². The predicted octanol–water partition coefficient (Wildman–Crippen LogP) is 4.28. The molecule has 0 saturated carbocycles. The highest BCUT2D eigenvalue weighted by atomic mass is 32.2. The van der Waals surface area contributed by atoms with Crippen LogP contribution in [-0.4, -0.2) is 25.9 Å². The molecule has 4 aromatic rings. The third-order valence-corrected chi connectivity index (χ3v) is 6.67. The molecule has 1 amide bonds. The normalized spacial score (nSPS) is 12.2. The Kier molecular flexibility index (Phi) is 5.31. The molecule has 8 heteroatoms. The maximum atomic E-state index is 12.7. The van der Waals surface area contributed by atoms with Crippen molar-refractivity contribution in [3.05, 3.63) is 71.0 Å². The number of nitrogens with one attached hydrogen (secondary N) is 2. The lowest BCUT2D eigenvalue weighted by atomic mass is 10.3. The maximum Gasteiger partial charge on any atom is 0.273 e. The van der Waals surface area contributed by atoms with Gasteiger partial charge in [-0.3, -0.25) is 14.7 Å². The number of thioether (sulfide) groups is 1. The van der Waals surface area contributed by atoms with Gasteiger partial charge in [-0.05, 0) is 30.7 Å². The van der Waals surface area contributed by atoms with E-state index in [0.29, 0.717) is 17.9 Å². The highest BCUT2D eigenvalue weighted by Gasteiger charge is 2.21. The molecule has 6 nitrogen and oxygen atoms in total. The lowest BCUT2D eigenvalue weighted by Crippen LogP contribution is -2.24. The van der Waals surface area contributed by atoms with E-state index in [9.17, 15) is 9.59 Å². The highest BCUT2D eigenvalue weighted by molar-refractivity contribution is 8.02. The Bertz CT molecular complexity index is 1130. The van der Waals surface area contributed by atoms with Gasteiger partial charge in [0.15, 0.2) is 4.34 Å². The lowest BCUT2D eigenvalue weighted by Gasteiger charge is -2.12. The van der Waals surface area contributed by atoms with Crippen LogP contribution in [0.15, 0.2) is 69.8 Å². The van der Waals surface area contributed by atoms with E-state index in [1.807, 2.05) is 61.5 Å². The van der Waals surface area contributed by atoms with Crippen LogP contribution in [-0.2, 0) is 4.79 Å². The largest absolute Gasteiger partial charge is 0.310 e. The number of hydrogen-bond acceptors (Lipinski definition) is 5. The number of rotatable bonds is 6. The number of hydrogen-bond donors (Lipinski definition) is 2. The van der Waals surface area contributed by atoms with Gasteiger partial charge < -0.3 is 5.32 Å². The van der Waals surface area contributed by atoms with Crippen LogP contribution in [0.4, 0.5) is 5.82 Å². The monoisotopic (exact) mass is 410 g/mol. The Morgan fingerprint density at radius 3 is 2.71 bits per heavy atom. The van der Waals surface area contributed by atoms with E-state index in [4.69, 9.17) is 0 Å². The van der Waals surface area contributed by atoms with E-state index >= 15 is 0 Å². The van der Waals surface area contributed by atoms with Crippen LogP contribution in [0.25, 0.3) is 15.9 Å². The molecule has 2 heterocycles. The van der Waals surface area contributed by atoms with Crippen molar-refractivity contribution in [3.63, 3.8) is 0 Å². The van der Waals surface area contributed by atoms with E-state index in [2.05, 4.69) is 15.4 Å². The number of amides is 1. The summed E-state index contributed by atoms with van der Waals surface area (Å²) in [5, 5.41) is 5.46. The average molecular weight is 411 g/mol. The first-order valence-corrected chi connectivity index (χ1v) is 10.5. The summed E-state index contributed by atoms with van der Waals surface area (Å²) in [7, 11) is 0. The smallest absolute Gasteiger partial charge is 0.273 e. The number of nitrogens with zero attached hydrogens (tertiary/aromatic N) is 2. The van der Waals surface area contributed by atoms with Gasteiger partial charge in [-0.2, -0.15) is 0 Å². The van der Waals surface area contributed by atoms with Gasteiger partial charge in [0, 0.05) is 6.07 Å². The topological polar surface area (TPSA) is 79.8 Å². The molecule has 0 aliphatic heterocycles. The molecule has 2 aromatic heterocycles. The molecule has 1 unspecified atom stereocenters. The SMILES string of the molecule is CCC(Sc1nc2ccccc2s1)C(=O)Nc1cc(=O)n(-c2ccccc2)[nH]1. The Morgan fingerprint density at radius 2 is 1.96 bits per heavy atom. The van der Waals surface area contributed by atoms with E-state index < -0.39 is 0 Å². The first-order chi connectivity index (χ1) is 13.6. The predicted molar refractivity (Wildman–Crippen MR) is 115 cm³/mol. The fourth-order valence-electron chi connectivity index (χ4n) is 2.79. The van der Waals surface area contributed by atoms with Crippen molar-refractivity contribution in [2.24, 2.45) is 0 Å². The van der Waals surface area contributed by atoms with Crippen LogP contribution in [0.3, 0.4) is 0 Å². The number of carbonyl (C=O) groups excluding carboxylic acids is 1. The number of para-hydroxylation sites is 2. The summed E-state index contributed by atoms with van der Waals surface area (Å²) in [4.78, 5) is 29.5. The Morgan fingerprint density at radius 1 is 1.21 bits per heavy atom. The molecule has 0 radical (unpaired) electrons. The van der Waals surface area contributed by atoms with Gasteiger partial charge in [-0.25, -0.2) is 9.67 Å². The maximum absolute atomic E-state index is 12.7. The molecular formula is C20H18N4O2S2.